The topological polar surface area (TPSA) is 177 Å². The van der Waals surface area contributed by atoms with Gasteiger partial charge in [0.25, 0.3) is 0 Å². The number of aliphatic hydroxyl groups excluding tert-OH is 3. The highest BCUT2D eigenvalue weighted by molar-refractivity contribution is 7.61. The van der Waals surface area contributed by atoms with Gasteiger partial charge in [0.1, 0.15) is 29.4 Å². The second-order valence-corrected chi connectivity index (χ2v) is 6.52. The molecule has 0 amide bonds. The molecule has 1 aromatic heterocycles. The van der Waals surface area contributed by atoms with Gasteiger partial charge in [-0.15, -0.1) is 0 Å². The Hall–Kier alpha value is -1.33. The average Bonchev–Trinajstić information content (AvgIpc) is 2.75. The van der Waals surface area contributed by atoms with Crippen LogP contribution in [0.3, 0.4) is 0 Å². The number of ether oxygens (including phenoxy) is 1. The minimum Gasteiger partial charge on any atom is -0.394 e. The molecule has 0 bridgehead atoms. The third-order valence-electron chi connectivity index (χ3n) is 3.30. The van der Waals surface area contributed by atoms with E-state index >= 15 is 0 Å². The second kappa shape index (κ2) is 6.05. The summed E-state index contributed by atoms with van der Waals surface area (Å²) in [5.41, 5.74) is 4.47. The van der Waals surface area contributed by atoms with Crippen molar-refractivity contribution in [1.29, 1.82) is 0 Å². The number of anilines is 1. The Labute approximate surface area is 124 Å². The van der Waals surface area contributed by atoms with Crippen molar-refractivity contribution in [3.63, 3.8) is 0 Å². The first kappa shape index (κ1) is 17.0. The van der Waals surface area contributed by atoms with E-state index in [-0.39, 0.29) is 0 Å². The molecule has 1 aliphatic heterocycles. The van der Waals surface area contributed by atoms with E-state index in [4.69, 9.17) is 15.6 Å². The van der Waals surface area contributed by atoms with Gasteiger partial charge in [0.2, 0.25) is 0 Å². The van der Waals surface area contributed by atoms with Crippen LogP contribution in [-0.2, 0) is 13.8 Å². The molecule has 12 heteroatoms. The first-order valence-electron chi connectivity index (χ1n) is 6.13. The van der Waals surface area contributed by atoms with Crippen LogP contribution in [0.4, 0.5) is 5.82 Å². The van der Waals surface area contributed by atoms with Gasteiger partial charge in [0.05, 0.1) is 6.61 Å². The van der Waals surface area contributed by atoms with Gasteiger partial charge in [0, 0.05) is 13.3 Å². The zero-order valence-electron chi connectivity index (χ0n) is 11.4. The van der Waals surface area contributed by atoms with Crippen LogP contribution >= 0.6 is 7.60 Å². The lowest BCUT2D eigenvalue weighted by atomic mass is 10.1. The fourth-order valence-electron chi connectivity index (χ4n) is 2.08. The number of nitrogen functional groups attached to an aromatic ring is 1. The molecule has 22 heavy (non-hydrogen) atoms. The molecule has 0 aliphatic carbocycles. The largest absolute Gasteiger partial charge is 0.394 e. The number of nitrogens with two attached hydrogens (primary N) is 1. The highest BCUT2D eigenvalue weighted by Crippen LogP contribution is 2.41. The Morgan fingerprint density at radius 2 is 2.14 bits per heavy atom. The summed E-state index contributed by atoms with van der Waals surface area (Å²) in [6, 6.07) is 0. The third kappa shape index (κ3) is 2.79. The van der Waals surface area contributed by atoms with Gasteiger partial charge in [-0.1, -0.05) is 0 Å². The molecule has 0 saturated carbocycles. The fraction of sp³-hybridized carbons (Fsp3) is 0.600. The summed E-state index contributed by atoms with van der Waals surface area (Å²) in [5, 5.41) is 28.2. The van der Waals surface area contributed by atoms with Crippen LogP contribution in [0.5, 0.6) is 0 Å². The van der Waals surface area contributed by atoms with Crippen LogP contribution in [0.1, 0.15) is 6.23 Å². The molecule has 1 saturated heterocycles. The maximum atomic E-state index is 11.9. The summed E-state index contributed by atoms with van der Waals surface area (Å²) < 4.78 is 22.2. The van der Waals surface area contributed by atoms with Crippen LogP contribution in [0.15, 0.2) is 11.0 Å². The second-order valence-electron chi connectivity index (χ2n) is 4.63. The quantitative estimate of drug-likeness (QED) is 0.353. The van der Waals surface area contributed by atoms with Gasteiger partial charge in [-0.3, -0.25) is 9.13 Å². The Morgan fingerprint density at radius 3 is 2.64 bits per heavy atom. The van der Waals surface area contributed by atoms with E-state index < -0.39 is 55.6 Å². The summed E-state index contributed by atoms with van der Waals surface area (Å²) in [6.45, 7) is -0.588. The lowest BCUT2D eigenvalue weighted by Gasteiger charge is -2.19. The van der Waals surface area contributed by atoms with Gasteiger partial charge in [-0.25, -0.2) is 4.79 Å². The van der Waals surface area contributed by atoms with E-state index in [1.54, 1.807) is 0 Å². The van der Waals surface area contributed by atoms with Gasteiger partial charge in [-0.2, -0.15) is 4.98 Å². The molecule has 1 fully saturated rings. The normalized spacial score (nSPS) is 31.1. The Morgan fingerprint density at radius 1 is 1.50 bits per heavy atom. The standard InChI is InChI=1S/C10H16N3O8P/c1-20-22(18,19)5-2-13(10(17)12-8(5)11)9-7(16)6(15)4(3-14)21-9/h2,4,6-7,9,14-16H,3H2,1H3,(H,18,19)(H2,11,12,17)/t4-,6-,7-,9-/m1/s1. The van der Waals surface area contributed by atoms with Crippen molar-refractivity contribution in [1.82, 2.24) is 9.55 Å². The lowest BCUT2D eigenvalue weighted by molar-refractivity contribution is -0.0548. The van der Waals surface area contributed by atoms with Gasteiger partial charge >= 0.3 is 13.3 Å². The van der Waals surface area contributed by atoms with Gasteiger partial charge in [0.15, 0.2) is 6.23 Å². The SMILES string of the molecule is COP(=O)(O)c1cn([C@@H]2O[C@H](CO)[C@@H](O)[C@H]2O)c(=O)nc1N. The molecule has 1 unspecified atom stereocenters. The predicted octanol–water partition coefficient (Wildman–Crippen LogP) is -3.11. The van der Waals surface area contributed by atoms with Crippen LogP contribution in [0.25, 0.3) is 0 Å². The minimum absolute atomic E-state index is 0.452. The highest BCUT2D eigenvalue weighted by Gasteiger charge is 2.44. The monoisotopic (exact) mass is 337 g/mol. The van der Waals surface area contributed by atoms with Gasteiger partial charge < -0.3 is 35.2 Å². The van der Waals surface area contributed by atoms with Crippen molar-refractivity contribution in [2.75, 3.05) is 19.5 Å². The summed E-state index contributed by atoms with van der Waals surface area (Å²) in [6.07, 6.45) is -4.63. The van der Waals surface area contributed by atoms with E-state index in [0.717, 1.165) is 13.3 Å². The summed E-state index contributed by atoms with van der Waals surface area (Å²) in [5.74, 6) is -0.499. The molecule has 0 radical (unpaired) electrons. The van der Waals surface area contributed by atoms with E-state index in [0.29, 0.717) is 4.57 Å². The van der Waals surface area contributed by atoms with Crippen molar-refractivity contribution in [2.45, 2.75) is 24.5 Å². The summed E-state index contributed by atoms with van der Waals surface area (Å²) >= 11 is 0. The Kier molecular flexibility index (Phi) is 4.68. The van der Waals surface area contributed by atoms with E-state index in [1.807, 2.05) is 0 Å². The molecule has 2 heterocycles. The lowest BCUT2D eigenvalue weighted by Crippen LogP contribution is -2.38. The summed E-state index contributed by atoms with van der Waals surface area (Å²) in [7, 11) is -3.33. The maximum Gasteiger partial charge on any atom is 0.363 e. The zero-order valence-corrected chi connectivity index (χ0v) is 12.3. The molecular weight excluding hydrogens is 321 g/mol. The maximum absolute atomic E-state index is 11.9. The van der Waals surface area contributed by atoms with Crippen LogP contribution < -0.4 is 16.7 Å². The van der Waals surface area contributed by atoms with Crippen LogP contribution in [0.2, 0.25) is 0 Å². The van der Waals surface area contributed by atoms with Crippen molar-refractivity contribution < 1.29 is 34.0 Å². The molecular formula is C10H16N3O8P. The molecule has 5 atom stereocenters. The summed E-state index contributed by atoms with van der Waals surface area (Å²) in [4.78, 5) is 24.9. The third-order valence-corrected chi connectivity index (χ3v) is 4.75. The molecule has 1 aliphatic rings. The average molecular weight is 337 g/mol. The number of aliphatic hydroxyl groups is 3. The number of rotatable bonds is 4. The molecule has 6 N–H and O–H groups in total. The number of nitrogens with zero attached hydrogens (tertiary/aromatic N) is 2. The highest BCUT2D eigenvalue weighted by atomic mass is 31.2. The molecule has 11 nitrogen and oxygen atoms in total. The van der Waals surface area contributed by atoms with E-state index in [9.17, 15) is 24.5 Å². The number of hydrogen-bond acceptors (Lipinski definition) is 9. The van der Waals surface area contributed by atoms with Crippen molar-refractivity contribution >= 4 is 18.7 Å². The van der Waals surface area contributed by atoms with Crippen LogP contribution in [-0.4, -0.2) is 61.8 Å². The Bertz CT molecular complexity index is 664. The number of hydrogen-bond donors (Lipinski definition) is 5. The van der Waals surface area contributed by atoms with Crippen LogP contribution in [0, 0.1) is 0 Å². The predicted molar refractivity (Wildman–Crippen MR) is 72.4 cm³/mol. The number of aromatic nitrogens is 2. The first-order valence-corrected chi connectivity index (χ1v) is 7.71. The molecule has 0 aromatic carbocycles. The van der Waals surface area contributed by atoms with Crippen molar-refractivity contribution in [2.24, 2.45) is 0 Å². The molecule has 1 aromatic rings. The fourth-order valence-corrected chi connectivity index (χ4v) is 2.89. The van der Waals surface area contributed by atoms with Crippen molar-refractivity contribution in [3.05, 3.63) is 16.7 Å². The van der Waals surface area contributed by atoms with Crippen molar-refractivity contribution in [3.8, 4) is 0 Å². The van der Waals surface area contributed by atoms with E-state index in [2.05, 4.69) is 9.51 Å². The first-order chi connectivity index (χ1) is 10.2. The molecule has 124 valence electrons. The van der Waals surface area contributed by atoms with Gasteiger partial charge in [-0.05, 0) is 0 Å². The zero-order chi connectivity index (χ0) is 16.7. The Balaban J connectivity index is 2.51. The molecule has 0 spiro atoms. The molecule has 2 rings (SSSR count). The minimum atomic E-state index is -4.30. The smallest absolute Gasteiger partial charge is 0.363 e. The van der Waals surface area contributed by atoms with E-state index in [1.165, 1.54) is 0 Å².